The smallest absolute Gasteiger partial charge is 0.346 e. The minimum absolute atomic E-state index is 0.317. The number of nitriles is 2. The molecule has 0 bridgehead atoms. The molecule has 1 aromatic carbocycles. The van der Waals surface area contributed by atoms with Gasteiger partial charge in [-0.25, -0.2) is 4.79 Å². The molecule has 1 N–H and O–H groups in total. The third kappa shape index (κ3) is 4.72. The molecule has 19 heavy (non-hydrogen) atoms. The Balaban J connectivity index is 2.66. The Morgan fingerprint density at radius 1 is 1.11 bits per heavy atom. The van der Waals surface area contributed by atoms with Gasteiger partial charge in [-0.1, -0.05) is 36.4 Å². The first kappa shape index (κ1) is 14.0. The quantitative estimate of drug-likeness (QED) is 0.505. The van der Waals surface area contributed by atoms with Crippen LogP contribution in [0.5, 0.6) is 0 Å². The number of carbonyl (C=O) groups is 1. The molecule has 0 unspecified atom stereocenters. The number of allylic oxidation sites excluding steroid dienone is 4. The van der Waals surface area contributed by atoms with Gasteiger partial charge in [-0.05, 0) is 23.8 Å². The molecule has 4 nitrogen and oxygen atoms in total. The summed E-state index contributed by atoms with van der Waals surface area (Å²) in [6.45, 7) is 0. The first-order valence-corrected chi connectivity index (χ1v) is 5.36. The van der Waals surface area contributed by atoms with E-state index >= 15 is 0 Å². The highest BCUT2D eigenvalue weighted by Crippen LogP contribution is 2.05. The van der Waals surface area contributed by atoms with E-state index < -0.39 is 5.97 Å². The Morgan fingerprint density at radius 2 is 1.79 bits per heavy atom. The zero-order valence-corrected chi connectivity index (χ0v) is 9.95. The van der Waals surface area contributed by atoms with Crippen LogP contribution in [0.3, 0.4) is 0 Å². The van der Waals surface area contributed by atoms with Crippen molar-refractivity contribution in [1.82, 2.24) is 0 Å². The maximum absolute atomic E-state index is 10.5. The van der Waals surface area contributed by atoms with E-state index in [0.717, 1.165) is 5.56 Å². The minimum Gasteiger partial charge on any atom is -0.477 e. The SMILES string of the molecule is N#CC(=CC=CC=Cc1ccc(C#N)cc1)C(=O)O. The molecule has 1 aromatic rings. The van der Waals surface area contributed by atoms with Gasteiger partial charge in [-0.3, -0.25) is 0 Å². The molecule has 0 heterocycles. The normalized spacial score (nSPS) is 11.4. The number of carboxylic acids is 1. The Bertz CT molecular complexity index is 624. The lowest BCUT2D eigenvalue weighted by molar-refractivity contribution is -0.132. The second-order valence-electron chi connectivity index (χ2n) is 3.48. The summed E-state index contributed by atoms with van der Waals surface area (Å²) in [5, 5.41) is 25.7. The fourth-order valence-corrected chi connectivity index (χ4v) is 1.21. The fraction of sp³-hybridized carbons (Fsp3) is 0. The van der Waals surface area contributed by atoms with Crippen LogP contribution in [0.2, 0.25) is 0 Å². The molecule has 0 saturated heterocycles. The molecule has 0 spiro atoms. The van der Waals surface area contributed by atoms with Gasteiger partial charge < -0.3 is 5.11 Å². The van der Waals surface area contributed by atoms with Gasteiger partial charge in [0.25, 0.3) is 0 Å². The largest absolute Gasteiger partial charge is 0.477 e. The van der Waals surface area contributed by atoms with E-state index in [4.69, 9.17) is 15.6 Å². The van der Waals surface area contributed by atoms with Crippen molar-refractivity contribution in [2.24, 2.45) is 0 Å². The Labute approximate surface area is 110 Å². The lowest BCUT2D eigenvalue weighted by atomic mass is 10.1. The van der Waals surface area contributed by atoms with Crippen molar-refractivity contribution < 1.29 is 9.90 Å². The molecule has 4 heteroatoms. The van der Waals surface area contributed by atoms with E-state index in [1.807, 2.05) is 6.07 Å². The van der Waals surface area contributed by atoms with Crippen LogP contribution in [-0.2, 0) is 4.79 Å². The summed E-state index contributed by atoms with van der Waals surface area (Å²) in [5.74, 6) is -1.25. The second-order valence-corrected chi connectivity index (χ2v) is 3.48. The van der Waals surface area contributed by atoms with Gasteiger partial charge in [0.1, 0.15) is 11.6 Å². The third-order valence-electron chi connectivity index (χ3n) is 2.16. The number of hydrogen-bond acceptors (Lipinski definition) is 3. The van der Waals surface area contributed by atoms with Crippen molar-refractivity contribution in [2.75, 3.05) is 0 Å². The van der Waals surface area contributed by atoms with Crippen LogP contribution in [0.25, 0.3) is 6.08 Å². The Kier molecular flexibility index (Phi) is 5.33. The average Bonchev–Trinajstić information content (AvgIpc) is 2.43. The Hall–Kier alpha value is -3.11. The zero-order valence-electron chi connectivity index (χ0n) is 9.95. The van der Waals surface area contributed by atoms with Crippen molar-refractivity contribution >= 4 is 12.0 Å². The summed E-state index contributed by atoms with van der Waals surface area (Å²) < 4.78 is 0. The third-order valence-corrected chi connectivity index (χ3v) is 2.16. The topological polar surface area (TPSA) is 84.9 Å². The molecule has 0 atom stereocenters. The van der Waals surface area contributed by atoms with E-state index in [-0.39, 0.29) is 5.57 Å². The highest BCUT2D eigenvalue weighted by molar-refractivity contribution is 5.91. The van der Waals surface area contributed by atoms with E-state index in [1.54, 1.807) is 48.6 Å². The molecule has 92 valence electrons. The molecule has 0 aliphatic heterocycles. The standard InChI is InChI=1S/C15H10N2O2/c16-10-13-8-6-12(7-9-13)4-2-1-3-5-14(11-17)15(18)19/h1-9H,(H,18,19). The Morgan fingerprint density at radius 3 is 2.32 bits per heavy atom. The molecule has 1 rings (SSSR count). The monoisotopic (exact) mass is 250 g/mol. The van der Waals surface area contributed by atoms with E-state index in [1.165, 1.54) is 12.2 Å². The summed E-state index contributed by atoms with van der Waals surface area (Å²) in [7, 11) is 0. The van der Waals surface area contributed by atoms with Crippen molar-refractivity contribution in [3.63, 3.8) is 0 Å². The van der Waals surface area contributed by atoms with Gasteiger partial charge in [0, 0.05) is 0 Å². The van der Waals surface area contributed by atoms with Crippen LogP contribution < -0.4 is 0 Å². The predicted octanol–water partition coefficient (Wildman–Crippen LogP) is 2.66. The maximum atomic E-state index is 10.5. The van der Waals surface area contributed by atoms with Gasteiger partial charge in [0.15, 0.2) is 0 Å². The van der Waals surface area contributed by atoms with Crippen LogP contribution in [0.4, 0.5) is 0 Å². The number of rotatable bonds is 4. The number of benzene rings is 1. The zero-order chi connectivity index (χ0) is 14.1. The summed E-state index contributed by atoms with van der Waals surface area (Å²) in [6, 6.07) is 10.6. The highest BCUT2D eigenvalue weighted by atomic mass is 16.4. The van der Waals surface area contributed by atoms with E-state index in [2.05, 4.69) is 0 Å². The molecule has 0 aromatic heterocycles. The average molecular weight is 250 g/mol. The second kappa shape index (κ2) is 7.26. The molecule has 0 radical (unpaired) electrons. The van der Waals surface area contributed by atoms with Crippen LogP contribution in [0.1, 0.15) is 11.1 Å². The number of aliphatic carboxylic acids is 1. The molecule has 0 fully saturated rings. The number of hydrogen-bond donors (Lipinski definition) is 1. The van der Waals surface area contributed by atoms with Crippen LogP contribution in [0, 0.1) is 22.7 Å². The van der Waals surface area contributed by atoms with Gasteiger partial charge in [0.2, 0.25) is 0 Å². The van der Waals surface area contributed by atoms with Gasteiger partial charge in [0.05, 0.1) is 11.6 Å². The summed E-state index contributed by atoms with van der Waals surface area (Å²) >= 11 is 0. The first-order chi connectivity index (χ1) is 9.17. The number of nitrogens with zero attached hydrogens (tertiary/aromatic N) is 2. The van der Waals surface area contributed by atoms with Crippen molar-refractivity contribution in [3.05, 3.63) is 65.3 Å². The van der Waals surface area contributed by atoms with Crippen LogP contribution in [0.15, 0.2) is 54.1 Å². The molecule has 0 saturated carbocycles. The fourth-order valence-electron chi connectivity index (χ4n) is 1.21. The predicted molar refractivity (Wildman–Crippen MR) is 70.7 cm³/mol. The van der Waals surface area contributed by atoms with Crippen molar-refractivity contribution in [2.45, 2.75) is 0 Å². The molecule has 0 aliphatic rings. The minimum atomic E-state index is -1.25. The molecule has 0 amide bonds. The van der Waals surface area contributed by atoms with Gasteiger partial charge >= 0.3 is 5.97 Å². The summed E-state index contributed by atoms with van der Waals surface area (Å²) in [4.78, 5) is 10.5. The van der Waals surface area contributed by atoms with Crippen molar-refractivity contribution in [3.8, 4) is 12.1 Å². The van der Waals surface area contributed by atoms with E-state index in [0.29, 0.717) is 5.56 Å². The van der Waals surface area contributed by atoms with Crippen LogP contribution >= 0.6 is 0 Å². The first-order valence-electron chi connectivity index (χ1n) is 5.36. The molecular formula is C15H10N2O2. The molecule has 0 aliphatic carbocycles. The molecular weight excluding hydrogens is 240 g/mol. The van der Waals surface area contributed by atoms with Gasteiger partial charge in [-0.15, -0.1) is 0 Å². The highest BCUT2D eigenvalue weighted by Gasteiger charge is 2.01. The van der Waals surface area contributed by atoms with Gasteiger partial charge in [-0.2, -0.15) is 10.5 Å². The summed E-state index contributed by atoms with van der Waals surface area (Å²) in [5.41, 5.74) is 1.20. The number of carboxylic acid groups (broad SMARTS) is 1. The van der Waals surface area contributed by atoms with E-state index in [9.17, 15) is 4.79 Å². The van der Waals surface area contributed by atoms with Crippen molar-refractivity contribution in [1.29, 1.82) is 10.5 Å². The maximum Gasteiger partial charge on any atom is 0.346 e. The summed E-state index contributed by atoms with van der Waals surface area (Å²) in [6.07, 6.45) is 7.85. The lowest BCUT2D eigenvalue weighted by Crippen LogP contribution is -1.96. The lowest BCUT2D eigenvalue weighted by Gasteiger charge is -1.91. The van der Waals surface area contributed by atoms with Crippen LogP contribution in [-0.4, -0.2) is 11.1 Å².